The van der Waals surface area contributed by atoms with Crippen LogP contribution in [0, 0.1) is 0 Å². The molecule has 0 saturated heterocycles. The lowest BCUT2D eigenvalue weighted by Crippen LogP contribution is -2.34. The van der Waals surface area contributed by atoms with Crippen molar-refractivity contribution in [2.45, 2.75) is 18.1 Å². The van der Waals surface area contributed by atoms with Gasteiger partial charge in [0.2, 0.25) is 5.91 Å². The SMILES string of the molecule is COc1ccc(CCNC(=O)Cn2c(SC)nc3ccsc3c2=O)cc1OC. The number of nitrogens with one attached hydrogen (secondary N) is 1. The molecule has 3 aromatic rings. The van der Waals surface area contributed by atoms with Crippen LogP contribution in [-0.2, 0) is 17.8 Å². The summed E-state index contributed by atoms with van der Waals surface area (Å²) in [6.45, 7) is 0.397. The fraction of sp³-hybridized carbons (Fsp3) is 0.316. The van der Waals surface area contributed by atoms with Gasteiger partial charge in [-0.1, -0.05) is 17.8 Å². The molecule has 0 atom stereocenters. The van der Waals surface area contributed by atoms with Crippen LogP contribution in [0.3, 0.4) is 0 Å². The summed E-state index contributed by atoms with van der Waals surface area (Å²) in [7, 11) is 3.17. The van der Waals surface area contributed by atoms with E-state index >= 15 is 0 Å². The van der Waals surface area contributed by atoms with E-state index in [1.54, 1.807) is 14.2 Å². The van der Waals surface area contributed by atoms with E-state index in [1.165, 1.54) is 27.7 Å². The normalized spacial score (nSPS) is 10.8. The molecule has 7 nitrogen and oxygen atoms in total. The van der Waals surface area contributed by atoms with Crippen molar-refractivity contribution < 1.29 is 14.3 Å². The number of nitrogens with zero attached hydrogens (tertiary/aromatic N) is 2. The second kappa shape index (κ2) is 9.11. The summed E-state index contributed by atoms with van der Waals surface area (Å²) in [6, 6.07) is 7.46. The van der Waals surface area contributed by atoms with Crippen molar-refractivity contribution >= 4 is 39.2 Å². The maximum atomic E-state index is 12.6. The van der Waals surface area contributed by atoms with Crippen molar-refractivity contribution in [1.29, 1.82) is 0 Å². The van der Waals surface area contributed by atoms with Gasteiger partial charge < -0.3 is 14.8 Å². The van der Waals surface area contributed by atoms with Crippen LogP contribution in [0.1, 0.15) is 5.56 Å². The fourth-order valence-corrected chi connectivity index (χ4v) is 4.14. The van der Waals surface area contributed by atoms with Crippen LogP contribution in [0.25, 0.3) is 10.2 Å². The van der Waals surface area contributed by atoms with Gasteiger partial charge >= 0.3 is 0 Å². The number of ether oxygens (including phenoxy) is 2. The van der Waals surface area contributed by atoms with Crippen molar-refractivity contribution in [2.24, 2.45) is 0 Å². The smallest absolute Gasteiger partial charge is 0.272 e. The van der Waals surface area contributed by atoms with Gasteiger partial charge in [0.05, 0.1) is 19.7 Å². The Morgan fingerprint density at radius 1 is 1.25 bits per heavy atom. The molecule has 0 aliphatic heterocycles. The third-order valence-corrected chi connectivity index (χ3v) is 5.77. The first-order valence-corrected chi connectivity index (χ1v) is 10.7. The molecule has 1 amide bonds. The number of hydrogen-bond donors (Lipinski definition) is 1. The Kier molecular flexibility index (Phi) is 6.58. The fourth-order valence-electron chi connectivity index (χ4n) is 2.80. The van der Waals surface area contributed by atoms with Gasteiger partial charge in [0, 0.05) is 6.54 Å². The minimum atomic E-state index is -0.226. The second-order valence-electron chi connectivity index (χ2n) is 5.91. The van der Waals surface area contributed by atoms with Crippen molar-refractivity contribution in [1.82, 2.24) is 14.9 Å². The van der Waals surface area contributed by atoms with Crippen LogP contribution in [0.5, 0.6) is 11.5 Å². The molecule has 0 saturated carbocycles. The molecule has 0 aliphatic rings. The predicted molar refractivity (Wildman–Crippen MR) is 112 cm³/mol. The molecule has 0 radical (unpaired) electrons. The first-order valence-electron chi connectivity index (χ1n) is 8.57. The molecule has 0 fully saturated rings. The Balaban J connectivity index is 1.64. The number of amides is 1. The van der Waals surface area contributed by atoms with Crippen LogP contribution in [-0.4, -0.2) is 42.5 Å². The Morgan fingerprint density at radius 2 is 2.04 bits per heavy atom. The number of rotatable bonds is 8. The number of benzene rings is 1. The molecule has 0 spiro atoms. The minimum absolute atomic E-state index is 0.0538. The standard InChI is InChI=1S/C19H21N3O4S2/c1-25-14-5-4-12(10-15(14)26-2)6-8-20-16(23)11-22-18(24)17-13(7-9-28-17)21-19(22)27-3/h4-5,7,9-10H,6,8,11H2,1-3H3,(H,20,23). The van der Waals surface area contributed by atoms with Gasteiger partial charge in [0.15, 0.2) is 16.7 Å². The van der Waals surface area contributed by atoms with E-state index in [2.05, 4.69) is 10.3 Å². The first-order chi connectivity index (χ1) is 13.6. The van der Waals surface area contributed by atoms with Gasteiger partial charge in [-0.3, -0.25) is 14.2 Å². The van der Waals surface area contributed by atoms with Crippen LogP contribution < -0.4 is 20.3 Å². The molecule has 28 heavy (non-hydrogen) atoms. The van der Waals surface area contributed by atoms with Gasteiger partial charge in [-0.05, 0) is 41.8 Å². The highest BCUT2D eigenvalue weighted by Crippen LogP contribution is 2.27. The summed E-state index contributed by atoms with van der Waals surface area (Å²) in [4.78, 5) is 29.5. The van der Waals surface area contributed by atoms with Gasteiger partial charge in [-0.25, -0.2) is 4.98 Å². The average Bonchev–Trinajstić information content (AvgIpc) is 3.18. The van der Waals surface area contributed by atoms with Crippen molar-refractivity contribution in [3.05, 3.63) is 45.6 Å². The Morgan fingerprint density at radius 3 is 2.75 bits per heavy atom. The maximum Gasteiger partial charge on any atom is 0.272 e. The third-order valence-electron chi connectivity index (χ3n) is 4.20. The molecular weight excluding hydrogens is 398 g/mol. The lowest BCUT2D eigenvalue weighted by Gasteiger charge is -2.12. The molecule has 9 heteroatoms. The monoisotopic (exact) mass is 419 g/mol. The highest BCUT2D eigenvalue weighted by molar-refractivity contribution is 7.98. The first kappa shape index (κ1) is 20.2. The number of thioether (sulfide) groups is 1. The molecule has 3 rings (SSSR count). The largest absolute Gasteiger partial charge is 0.493 e. The molecule has 0 unspecified atom stereocenters. The molecule has 2 aromatic heterocycles. The van der Waals surface area contributed by atoms with Crippen molar-refractivity contribution in [3.63, 3.8) is 0 Å². The number of fused-ring (bicyclic) bond motifs is 1. The van der Waals surface area contributed by atoms with Crippen molar-refractivity contribution in [2.75, 3.05) is 27.0 Å². The molecule has 2 heterocycles. The molecular formula is C19H21N3O4S2. The molecule has 0 aliphatic carbocycles. The summed E-state index contributed by atoms with van der Waals surface area (Å²) >= 11 is 2.69. The van der Waals surface area contributed by atoms with E-state index in [0.29, 0.717) is 39.8 Å². The van der Waals surface area contributed by atoms with Gasteiger partial charge in [0.1, 0.15) is 11.2 Å². The van der Waals surface area contributed by atoms with Crippen LogP contribution in [0.15, 0.2) is 39.6 Å². The van der Waals surface area contributed by atoms with Crippen molar-refractivity contribution in [3.8, 4) is 11.5 Å². The number of carbonyl (C=O) groups is 1. The lowest BCUT2D eigenvalue weighted by atomic mass is 10.1. The van der Waals surface area contributed by atoms with E-state index in [4.69, 9.17) is 9.47 Å². The Bertz CT molecular complexity index is 1050. The number of thiophene rings is 1. The number of hydrogen-bond acceptors (Lipinski definition) is 7. The Labute approximate surface area is 170 Å². The highest BCUT2D eigenvalue weighted by Gasteiger charge is 2.14. The number of carbonyl (C=O) groups excluding carboxylic acids is 1. The average molecular weight is 420 g/mol. The molecule has 1 aromatic carbocycles. The zero-order valence-electron chi connectivity index (χ0n) is 15.9. The van der Waals surface area contributed by atoms with E-state index in [-0.39, 0.29) is 18.0 Å². The summed E-state index contributed by atoms with van der Waals surface area (Å²) < 4.78 is 12.5. The maximum absolute atomic E-state index is 12.6. The number of methoxy groups -OCH3 is 2. The second-order valence-corrected chi connectivity index (χ2v) is 7.60. The highest BCUT2D eigenvalue weighted by atomic mass is 32.2. The summed E-state index contributed by atoms with van der Waals surface area (Å²) in [5, 5.41) is 5.23. The third kappa shape index (κ3) is 4.31. The number of aromatic nitrogens is 2. The lowest BCUT2D eigenvalue weighted by molar-refractivity contribution is -0.121. The zero-order valence-corrected chi connectivity index (χ0v) is 17.5. The summed E-state index contributed by atoms with van der Waals surface area (Å²) in [5.41, 5.74) is 1.51. The molecule has 148 valence electrons. The van der Waals surface area contributed by atoms with Crippen LogP contribution in [0.2, 0.25) is 0 Å². The summed E-state index contributed by atoms with van der Waals surface area (Å²) in [6.07, 6.45) is 2.48. The van der Waals surface area contributed by atoms with Gasteiger partial charge in [-0.15, -0.1) is 11.3 Å². The van der Waals surface area contributed by atoms with Gasteiger partial charge in [0.25, 0.3) is 5.56 Å². The van der Waals surface area contributed by atoms with E-state index in [9.17, 15) is 9.59 Å². The summed E-state index contributed by atoms with van der Waals surface area (Å²) in [5.74, 6) is 1.09. The zero-order chi connectivity index (χ0) is 20.1. The minimum Gasteiger partial charge on any atom is -0.493 e. The molecule has 0 bridgehead atoms. The molecule has 1 N–H and O–H groups in total. The van der Waals surface area contributed by atoms with Gasteiger partial charge in [-0.2, -0.15) is 0 Å². The topological polar surface area (TPSA) is 82.5 Å². The van der Waals surface area contributed by atoms with E-state index < -0.39 is 0 Å². The Hall–Kier alpha value is -2.52. The predicted octanol–water partition coefficient (Wildman–Crippen LogP) is 2.56. The van der Waals surface area contributed by atoms with E-state index in [1.807, 2.05) is 35.9 Å². The van der Waals surface area contributed by atoms with Crippen LogP contribution in [0.4, 0.5) is 0 Å². The van der Waals surface area contributed by atoms with E-state index in [0.717, 1.165) is 5.56 Å². The van der Waals surface area contributed by atoms with Crippen LogP contribution >= 0.6 is 23.1 Å². The quantitative estimate of drug-likeness (QED) is 0.446.